The van der Waals surface area contributed by atoms with Gasteiger partial charge in [-0.3, -0.25) is 19.8 Å². The highest BCUT2D eigenvalue weighted by Crippen LogP contribution is 2.31. The number of furan rings is 1. The molecule has 1 aliphatic rings. The Bertz CT molecular complexity index is 1370. The maximum absolute atomic E-state index is 13.2. The summed E-state index contributed by atoms with van der Waals surface area (Å²) in [6, 6.07) is 13.2. The normalized spacial score (nSPS) is 15.2. The molecule has 166 valence electrons. The first-order valence-corrected chi connectivity index (χ1v) is 10.6. The molecular formula is C24H17ClN2O5S. The minimum absolute atomic E-state index is 0.0474. The number of carboxylic acids is 1. The van der Waals surface area contributed by atoms with Crippen molar-refractivity contribution < 1.29 is 23.9 Å². The van der Waals surface area contributed by atoms with Crippen LogP contribution in [0.2, 0.25) is 5.02 Å². The summed E-state index contributed by atoms with van der Waals surface area (Å²) in [5.41, 5.74) is 2.23. The van der Waals surface area contributed by atoms with Crippen molar-refractivity contribution in [1.29, 1.82) is 0 Å². The van der Waals surface area contributed by atoms with Crippen molar-refractivity contribution in [2.45, 2.75) is 13.8 Å². The average molecular weight is 481 g/mol. The van der Waals surface area contributed by atoms with Gasteiger partial charge < -0.3 is 9.52 Å². The van der Waals surface area contributed by atoms with E-state index in [-0.39, 0.29) is 22.0 Å². The largest absolute Gasteiger partial charge is 0.478 e. The zero-order valence-electron chi connectivity index (χ0n) is 17.5. The topological polar surface area (TPSA) is 99.8 Å². The molecule has 3 aromatic rings. The quantitative estimate of drug-likeness (QED) is 0.317. The number of rotatable bonds is 4. The molecule has 2 N–H and O–H groups in total. The summed E-state index contributed by atoms with van der Waals surface area (Å²) in [4.78, 5) is 38.4. The van der Waals surface area contributed by atoms with E-state index >= 15 is 0 Å². The molecule has 9 heteroatoms. The summed E-state index contributed by atoms with van der Waals surface area (Å²) in [6.07, 6.45) is 1.33. The first kappa shape index (κ1) is 22.4. The van der Waals surface area contributed by atoms with Gasteiger partial charge in [-0.05, 0) is 73.6 Å². The van der Waals surface area contributed by atoms with Crippen LogP contribution >= 0.6 is 23.8 Å². The van der Waals surface area contributed by atoms with Crippen LogP contribution in [0.15, 0.2) is 58.5 Å². The fraction of sp³-hybridized carbons (Fsp3) is 0.0833. The molecule has 0 aliphatic carbocycles. The minimum Gasteiger partial charge on any atom is -0.478 e. The van der Waals surface area contributed by atoms with Gasteiger partial charge in [0.15, 0.2) is 5.11 Å². The van der Waals surface area contributed by atoms with Crippen LogP contribution in [0.25, 0.3) is 17.4 Å². The Morgan fingerprint density at radius 2 is 1.82 bits per heavy atom. The second kappa shape index (κ2) is 8.65. The predicted molar refractivity (Wildman–Crippen MR) is 128 cm³/mol. The number of carbonyl (C=O) groups excluding carboxylic acids is 2. The van der Waals surface area contributed by atoms with Crippen molar-refractivity contribution in [2.75, 3.05) is 4.90 Å². The molecule has 0 bridgehead atoms. The van der Waals surface area contributed by atoms with Crippen molar-refractivity contribution >= 4 is 58.5 Å². The van der Waals surface area contributed by atoms with Crippen LogP contribution in [0.5, 0.6) is 0 Å². The van der Waals surface area contributed by atoms with E-state index in [0.29, 0.717) is 33.2 Å². The third-order valence-corrected chi connectivity index (χ3v) is 6.02. The number of carbonyl (C=O) groups is 3. The Morgan fingerprint density at radius 3 is 2.55 bits per heavy atom. The molecule has 1 fully saturated rings. The number of aromatic carboxylic acids is 1. The lowest BCUT2D eigenvalue weighted by Gasteiger charge is -2.30. The van der Waals surface area contributed by atoms with Crippen LogP contribution in [0, 0.1) is 13.8 Å². The Kier molecular flexibility index (Phi) is 5.88. The van der Waals surface area contributed by atoms with E-state index in [1.807, 2.05) is 0 Å². The molecule has 33 heavy (non-hydrogen) atoms. The molecule has 1 saturated heterocycles. The summed E-state index contributed by atoms with van der Waals surface area (Å²) in [5, 5.41) is 12.3. The van der Waals surface area contributed by atoms with E-state index in [2.05, 4.69) is 5.32 Å². The first-order valence-electron chi connectivity index (χ1n) is 9.78. The summed E-state index contributed by atoms with van der Waals surface area (Å²) < 4.78 is 5.82. The van der Waals surface area contributed by atoms with Crippen LogP contribution in [-0.2, 0) is 9.59 Å². The fourth-order valence-corrected chi connectivity index (χ4v) is 4.01. The molecule has 7 nitrogen and oxygen atoms in total. The van der Waals surface area contributed by atoms with Crippen LogP contribution < -0.4 is 10.2 Å². The molecule has 1 aromatic heterocycles. The molecular weight excluding hydrogens is 464 g/mol. The van der Waals surface area contributed by atoms with Crippen molar-refractivity contribution in [3.63, 3.8) is 0 Å². The van der Waals surface area contributed by atoms with Gasteiger partial charge in [0.05, 0.1) is 11.3 Å². The molecule has 2 aromatic carbocycles. The maximum Gasteiger partial charge on any atom is 0.335 e. The van der Waals surface area contributed by atoms with Crippen LogP contribution in [0.1, 0.15) is 27.2 Å². The van der Waals surface area contributed by atoms with Gasteiger partial charge in [0, 0.05) is 10.6 Å². The van der Waals surface area contributed by atoms with Crippen LogP contribution in [0.4, 0.5) is 5.69 Å². The lowest BCUT2D eigenvalue weighted by molar-refractivity contribution is -0.122. The number of nitrogens with zero attached hydrogens (tertiary/aromatic N) is 1. The average Bonchev–Trinajstić information content (AvgIpc) is 3.22. The predicted octanol–water partition coefficient (Wildman–Crippen LogP) is 4.75. The van der Waals surface area contributed by atoms with Gasteiger partial charge in [0.25, 0.3) is 11.8 Å². The Hall–Kier alpha value is -3.75. The molecule has 0 spiro atoms. The monoisotopic (exact) mass is 480 g/mol. The lowest BCUT2D eigenvalue weighted by atomic mass is 10.0. The molecule has 2 heterocycles. The SMILES string of the molecule is Cc1c(C(=O)O)cccc1-c1ccc(C=C2C(=O)NC(=S)N(c3cccc(Cl)c3C)C2=O)o1. The van der Waals surface area contributed by atoms with E-state index in [9.17, 15) is 19.5 Å². The second-order valence-electron chi connectivity index (χ2n) is 7.33. The number of thiocarbonyl (C=S) groups is 1. The molecule has 0 saturated carbocycles. The zero-order chi connectivity index (χ0) is 23.9. The molecule has 4 rings (SSSR count). The highest BCUT2D eigenvalue weighted by atomic mass is 35.5. The molecule has 0 unspecified atom stereocenters. The van der Waals surface area contributed by atoms with Crippen molar-refractivity contribution in [1.82, 2.24) is 5.32 Å². The standard InChI is InChI=1S/C24H17ClN2O5S/c1-12-15(5-3-6-16(12)23(30)31)20-10-9-14(32-20)11-17-21(28)26-24(33)27(22(17)29)19-8-4-7-18(25)13(19)2/h3-11H,1-2H3,(H,30,31)(H,26,28,33). The van der Waals surface area contributed by atoms with Crippen LogP contribution in [0.3, 0.4) is 0 Å². The van der Waals surface area contributed by atoms with Gasteiger partial charge in [-0.2, -0.15) is 0 Å². The second-order valence-corrected chi connectivity index (χ2v) is 8.12. The van der Waals surface area contributed by atoms with Gasteiger partial charge in [-0.25, -0.2) is 4.79 Å². The number of anilines is 1. The minimum atomic E-state index is -1.04. The van der Waals surface area contributed by atoms with Crippen LogP contribution in [-0.4, -0.2) is 28.0 Å². The Balaban J connectivity index is 1.72. The Labute approximate surface area is 199 Å². The summed E-state index contributed by atoms with van der Waals surface area (Å²) in [7, 11) is 0. The van der Waals surface area contributed by atoms with Crippen molar-refractivity contribution in [3.8, 4) is 11.3 Å². The first-order chi connectivity index (χ1) is 15.7. The number of halogens is 1. The molecule has 2 amide bonds. The van der Waals surface area contributed by atoms with Gasteiger partial charge >= 0.3 is 5.97 Å². The highest BCUT2D eigenvalue weighted by Gasteiger charge is 2.35. The number of carboxylic acid groups (broad SMARTS) is 1. The zero-order valence-corrected chi connectivity index (χ0v) is 19.1. The number of hydrogen-bond acceptors (Lipinski definition) is 5. The third-order valence-electron chi connectivity index (χ3n) is 5.32. The van der Waals surface area contributed by atoms with E-state index in [1.54, 1.807) is 56.3 Å². The smallest absolute Gasteiger partial charge is 0.335 e. The molecule has 0 atom stereocenters. The summed E-state index contributed by atoms with van der Waals surface area (Å²) in [6.45, 7) is 3.43. The summed E-state index contributed by atoms with van der Waals surface area (Å²) in [5.74, 6) is -1.65. The Morgan fingerprint density at radius 1 is 1.09 bits per heavy atom. The van der Waals surface area contributed by atoms with Gasteiger partial charge in [-0.1, -0.05) is 29.8 Å². The maximum atomic E-state index is 13.2. The van der Waals surface area contributed by atoms with Crippen molar-refractivity contribution in [3.05, 3.63) is 81.6 Å². The van der Waals surface area contributed by atoms with Gasteiger partial charge in [-0.15, -0.1) is 0 Å². The van der Waals surface area contributed by atoms with Crippen molar-refractivity contribution in [2.24, 2.45) is 0 Å². The van der Waals surface area contributed by atoms with E-state index in [1.165, 1.54) is 17.0 Å². The third kappa shape index (κ3) is 4.06. The highest BCUT2D eigenvalue weighted by molar-refractivity contribution is 7.80. The van der Waals surface area contributed by atoms with E-state index in [0.717, 1.165) is 0 Å². The fourth-order valence-electron chi connectivity index (χ4n) is 3.57. The van der Waals surface area contributed by atoms with E-state index in [4.69, 9.17) is 28.2 Å². The molecule has 1 aliphatic heterocycles. The number of nitrogens with one attached hydrogen (secondary N) is 1. The van der Waals surface area contributed by atoms with E-state index < -0.39 is 17.8 Å². The van der Waals surface area contributed by atoms with Gasteiger partial charge in [0.1, 0.15) is 17.1 Å². The molecule has 0 radical (unpaired) electrons. The number of amides is 2. The van der Waals surface area contributed by atoms with Gasteiger partial charge in [0.2, 0.25) is 0 Å². The summed E-state index contributed by atoms with van der Waals surface area (Å²) >= 11 is 11.4. The number of benzene rings is 2. The lowest BCUT2D eigenvalue weighted by Crippen LogP contribution is -2.54. The number of hydrogen-bond donors (Lipinski definition) is 2.